The summed E-state index contributed by atoms with van der Waals surface area (Å²) >= 11 is 0. The molecule has 2 amide bonds. The summed E-state index contributed by atoms with van der Waals surface area (Å²) in [4.78, 5) is 12.1. The molecule has 0 saturated carbocycles. The van der Waals surface area contributed by atoms with Crippen LogP contribution in [0.1, 0.15) is 39.2 Å². The molecule has 1 rings (SSSR count). The number of carbonyl (C=O) groups is 1. The fraction of sp³-hybridized carbons (Fsp3) is 0.588. The van der Waals surface area contributed by atoms with E-state index in [4.69, 9.17) is 5.11 Å². The van der Waals surface area contributed by atoms with Gasteiger partial charge in [-0.15, -0.1) is 0 Å². The minimum absolute atomic E-state index is 0.00392. The highest BCUT2D eigenvalue weighted by Crippen LogP contribution is 2.07. The van der Waals surface area contributed by atoms with Crippen LogP contribution < -0.4 is 10.6 Å². The lowest BCUT2D eigenvalue weighted by Crippen LogP contribution is -2.48. The lowest BCUT2D eigenvalue weighted by atomic mass is 10.0. The molecule has 2 atom stereocenters. The Labute approximate surface area is 128 Å². The van der Waals surface area contributed by atoms with Gasteiger partial charge < -0.3 is 15.7 Å². The van der Waals surface area contributed by atoms with Gasteiger partial charge in [0, 0.05) is 18.7 Å². The number of aliphatic hydroxyl groups is 1. The van der Waals surface area contributed by atoms with Crippen molar-refractivity contribution in [3.8, 4) is 0 Å². The molecule has 0 bridgehead atoms. The topological polar surface area (TPSA) is 61.4 Å². The fourth-order valence-corrected chi connectivity index (χ4v) is 2.30. The molecular weight excluding hydrogens is 264 g/mol. The number of hydrogen-bond donors (Lipinski definition) is 3. The SMILES string of the molecule is CCC(Cc1ccccc1)NC(=O)NC(CCO)C(C)C. The van der Waals surface area contributed by atoms with Crippen LogP contribution >= 0.6 is 0 Å². The van der Waals surface area contributed by atoms with Crippen LogP contribution in [0, 0.1) is 5.92 Å². The average Bonchev–Trinajstić information content (AvgIpc) is 2.47. The van der Waals surface area contributed by atoms with Gasteiger partial charge in [-0.1, -0.05) is 51.1 Å². The fourth-order valence-electron chi connectivity index (χ4n) is 2.30. The van der Waals surface area contributed by atoms with E-state index in [1.807, 2.05) is 32.0 Å². The Bertz CT molecular complexity index is 407. The predicted molar refractivity (Wildman–Crippen MR) is 86.2 cm³/mol. The quantitative estimate of drug-likeness (QED) is 0.690. The monoisotopic (exact) mass is 292 g/mol. The van der Waals surface area contributed by atoms with Crippen LogP contribution in [0.25, 0.3) is 0 Å². The zero-order valence-corrected chi connectivity index (χ0v) is 13.3. The van der Waals surface area contributed by atoms with Gasteiger partial charge in [-0.2, -0.15) is 0 Å². The molecule has 4 heteroatoms. The van der Waals surface area contributed by atoms with Crippen molar-refractivity contribution >= 4 is 6.03 Å². The molecule has 4 nitrogen and oxygen atoms in total. The van der Waals surface area contributed by atoms with Gasteiger partial charge in [0.15, 0.2) is 0 Å². The third-order valence-electron chi connectivity index (χ3n) is 3.71. The van der Waals surface area contributed by atoms with E-state index in [1.54, 1.807) is 0 Å². The van der Waals surface area contributed by atoms with E-state index in [1.165, 1.54) is 5.56 Å². The van der Waals surface area contributed by atoms with Crippen molar-refractivity contribution < 1.29 is 9.90 Å². The lowest BCUT2D eigenvalue weighted by molar-refractivity contribution is 0.215. The van der Waals surface area contributed by atoms with Crippen LogP contribution in [0.4, 0.5) is 4.79 Å². The molecule has 2 unspecified atom stereocenters. The molecule has 118 valence electrons. The van der Waals surface area contributed by atoms with Gasteiger partial charge in [-0.25, -0.2) is 4.79 Å². The van der Waals surface area contributed by atoms with Gasteiger partial charge in [0.1, 0.15) is 0 Å². The highest BCUT2D eigenvalue weighted by molar-refractivity contribution is 5.74. The second-order valence-corrected chi connectivity index (χ2v) is 5.78. The first-order valence-corrected chi connectivity index (χ1v) is 7.78. The molecule has 0 radical (unpaired) electrons. The van der Waals surface area contributed by atoms with Crippen molar-refractivity contribution in [3.63, 3.8) is 0 Å². The molecule has 0 heterocycles. The second-order valence-electron chi connectivity index (χ2n) is 5.78. The number of amides is 2. The zero-order chi connectivity index (χ0) is 15.7. The molecule has 0 saturated heterocycles. The number of nitrogens with one attached hydrogen (secondary N) is 2. The zero-order valence-electron chi connectivity index (χ0n) is 13.3. The summed E-state index contributed by atoms with van der Waals surface area (Å²) in [6.45, 7) is 6.25. The third kappa shape index (κ3) is 6.63. The lowest BCUT2D eigenvalue weighted by Gasteiger charge is -2.24. The number of aliphatic hydroxyl groups excluding tert-OH is 1. The van der Waals surface area contributed by atoms with Crippen LogP contribution in [0.5, 0.6) is 0 Å². The van der Waals surface area contributed by atoms with Gasteiger partial charge in [0.05, 0.1) is 0 Å². The van der Waals surface area contributed by atoms with Crippen LogP contribution in [0.3, 0.4) is 0 Å². The third-order valence-corrected chi connectivity index (χ3v) is 3.71. The summed E-state index contributed by atoms with van der Waals surface area (Å²) in [6.07, 6.45) is 2.30. The van der Waals surface area contributed by atoms with Gasteiger partial charge in [-0.05, 0) is 30.7 Å². The molecular formula is C17H28N2O2. The van der Waals surface area contributed by atoms with Crippen LogP contribution in [-0.2, 0) is 6.42 Å². The first-order valence-electron chi connectivity index (χ1n) is 7.78. The van der Waals surface area contributed by atoms with Crippen molar-refractivity contribution in [2.45, 2.75) is 52.1 Å². The van der Waals surface area contributed by atoms with E-state index < -0.39 is 0 Å². The summed E-state index contributed by atoms with van der Waals surface area (Å²) in [5.74, 6) is 0.303. The van der Waals surface area contributed by atoms with Gasteiger partial charge in [0.25, 0.3) is 0 Å². The maximum atomic E-state index is 12.1. The normalized spacial score (nSPS) is 13.8. The first kappa shape index (κ1) is 17.5. The summed E-state index contributed by atoms with van der Waals surface area (Å²) in [5.41, 5.74) is 1.22. The van der Waals surface area contributed by atoms with Crippen LogP contribution in [-0.4, -0.2) is 29.8 Å². The van der Waals surface area contributed by atoms with E-state index in [0.717, 1.165) is 12.8 Å². The summed E-state index contributed by atoms with van der Waals surface area (Å²) < 4.78 is 0. The number of benzene rings is 1. The van der Waals surface area contributed by atoms with Gasteiger partial charge >= 0.3 is 6.03 Å². The molecule has 1 aromatic rings. The standard InChI is InChI=1S/C17H28N2O2/c1-4-15(12-14-8-6-5-7-9-14)18-17(21)19-16(10-11-20)13(2)3/h5-9,13,15-16,20H,4,10-12H2,1-3H3,(H2,18,19,21). The maximum absolute atomic E-state index is 12.1. The first-order chi connectivity index (χ1) is 10.1. The van der Waals surface area contributed by atoms with Crippen LogP contribution in [0.15, 0.2) is 30.3 Å². The van der Waals surface area contributed by atoms with Gasteiger partial charge in [-0.3, -0.25) is 0 Å². The molecule has 0 aromatic heterocycles. The van der Waals surface area contributed by atoms with Crippen molar-refractivity contribution in [1.29, 1.82) is 0 Å². The van der Waals surface area contributed by atoms with E-state index >= 15 is 0 Å². The Morgan fingerprint density at radius 1 is 1.19 bits per heavy atom. The molecule has 21 heavy (non-hydrogen) atoms. The Morgan fingerprint density at radius 2 is 1.86 bits per heavy atom. The minimum atomic E-state index is -0.148. The number of hydrogen-bond acceptors (Lipinski definition) is 2. The van der Waals surface area contributed by atoms with Crippen molar-refractivity contribution in [2.24, 2.45) is 5.92 Å². The van der Waals surface area contributed by atoms with E-state index in [-0.39, 0.29) is 24.7 Å². The molecule has 3 N–H and O–H groups in total. The maximum Gasteiger partial charge on any atom is 0.315 e. The summed E-state index contributed by atoms with van der Waals surface area (Å²) in [5, 5.41) is 15.0. The summed E-state index contributed by atoms with van der Waals surface area (Å²) in [7, 11) is 0. The van der Waals surface area contributed by atoms with E-state index in [0.29, 0.717) is 12.3 Å². The molecule has 0 spiro atoms. The number of rotatable bonds is 8. The van der Waals surface area contributed by atoms with E-state index in [9.17, 15) is 4.79 Å². The molecule has 0 aliphatic rings. The Hall–Kier alpha value is -1.55. The molecule has 0 aliphatic carbocycles. The number of carbonyl (C=O) groups excluding carboxylic acids is 1. The highest BCUT2D eigenvalue weighted by Gasteiger charge is 2.17. The Kier molecular flexibility index (Phi) is 7.83. The largest absolute Gasteiger partial charge is 0.396 e. The number of urea groups is 1. The minimum Gasteiger partial charge on any atom is -0.396 e. The highest BCUT2D eigenvalue weighted by atomic mass is 16.3. The second kappa shape index (κ2) is 9.40. The average molecular weight is 292 g/mol. The predicted octanol–water partition coefficient (Wildman–Crippen LogP) is 2.71. The van der Waals surface area contributed by atoms with Crippen molar-refractivity contribution in [1.82, 2.24) is 10.6 Å². The summed E-state index contributed by atoms with van der Waals surface area (Å²) in [6, 6.07) is 10.1. The van der Waals surface area contributed by atoms with Crippen LogP contribution in [0.2, 0.25) is 0 Å². The Morgan fingerprint density at radius 3 is 2.38 bits per heavy atom. The Balaban J connectivity index is 2.50. The smallest absolute Gasteiger partial charge is 0.315 e. The van der Waals surface area contributed by atoms with Crippen molar-refractivity contribution in [3.05, 3.63) is 35.9 Å². The molecule has 0 aliphatic heterocycles. The van der Waals surface area contributed by atoms with Crippen molar-refractivity contribution in [2.75, 3.05) is 6.61 Å². The van der Waals surface area contributed by atoms with Gasteiger partial charge in [0.2, 0.25) is 0 Å². The van der Waals surface area contributed by atoms with E-state index in [2.05, 4.69) is 29.7 Å². The molecule has 1 aromatic carbocycles. The molecule has 0 fully saturated rings.